The van der Waals surface area contributed by atoms with E-state index in [9.17, 15) is 10.1 Å². The van der Waals surface area contributed by atoms with Crippen LogP contribution in [0.1, 0.15) is 11.1 Å². The van der Waals surface area contributed by atoms with E-state index in [0.717, 1.165) is 22.5 Å². The van der Waals surface area contributed by atoms with E-state index >= 15 is 0 Å². The number of aromatic nitrogens is 1. The summed E-state index contributed by atoms with van der Waals surface area (Å²) >= 11 is 12.9. The third kappa shape index (κ3) is 3.34. The van der Waals surface area contributed by atoms with Gasteiger partial charge in [-0.15, -0.1) is 0 Å². The Morgan fingerprint density at radius 3 is 2.79 bits per heavy atom. The van der Waals surface area contributed by atoms with Crippen LogP contribution >= 0.6 is 34.5 Å². The molecule has 0 aliphatic heterocycles. The normalized spacial score (nSPS) is 10.5. The fourth-order valence-corrected chi connectivity index (χ4v) is 2.88. The minimum Gasteiger partial charge on any atom is -0.378 e. The topological polar surface area (TPSA) is 68.1 Å². The van der Waals surface area contributed by atoms with E-state index in [2.05, 4.69) is 10.3 Å². The first-order valence-electron chi connectivity index (χ1n) is 5.25. The predicted molar refractivity (Wildman–Crippen MR) is 77.3 cm³/mol. The van der Waals surface area contributed by atoms with Crippen LogP contribution in [0.25, 0.3) is 0 Å². The van der Waals surface area contributed by atoms with Gasteiger partial charge in [0.2, 0.25) is 0 Å². The van der Waals surface area contributed by atoms with E-state index in [0.29, 0.717) is 17.4 Å². The molecular weight excluding hydrogens is 309 g/mol. The fraction of sp³-hybridized carbons (Fsp3) is 0.182. The van der Waals surface area contributed by atoms with Gasteiger partial charge in [0.05, 0.1) is 10.6 Å². The number of nitrogens with zero attached hydrogens (tertiary/aromatic N) is 2. The van der Waals surface area contributed by atoms with Crippen molar-refractivity contribution in [3.8, 4) is 0 Å². The van der Waals surface area contributed by atoms with Gasteiger partial charge in [0.1, 0.15) is 5.15 Å². The number of pyridine rings is 1. The predicted octanol–water partition coefficient (Wildman–Crippen LogP) is 4.28. The van der Waals surface area contributed by atoms with Crippen LogP contribution in [0.3, 0.4) is 0 Å². The molecule has 8 heteroatoms. The van der Waals surface area contributed by atoms with Gasteiger partial charge in [0.25, 0.3) is 0 Å². The zero-order valence-corrected chi connectivity index (χ0v) is 12.1. The lowest BCUT2D eigenvalue weighted by atomic mass is 10.2. The van der Waals surface area contributed by atoms with E-state index in [1.54, 1.807) is 11.4 Å². The van der Waals surface area contributed by atoms with Crippen LogP contribution in [-0.4, -0.2) is 9.91 Å². The van der Waals surface area contributed by atoms with Crippen molar-refractivity contribution in [2.45, 2.75) is 13.5 Å². The van der Waals surface area contributed by atoms with Gasteiger partial charge in [0.15, 0.2) is 5.15 Å². The lowest BCUT2D eigenvalue weighted by molar-refractivity contribution is -0.380. The average molecular weight is 318 g/mol. The van der Waals surface area contributed by atoms with Crippen LogP contribution in [0.5, 0.6) is 0 Å². The number of anilines is 1. The Balaban J connectivity index is 2.12. The maximum absolute atomic E-state index is 10.6. The Hall–Kier alpha value is -1.37. The Labute approximate surface area is 123 Å². The van der Waals surface area contributed by atoms with Crippen LogP contribution in [0.2, 0.25) is 10.3 Å². The summed E-state index contributed by atoms with van der Waals surface area (Å²) in [6.45, 7) is 2.30. The zero-order valence-electron chi connectivity index (χ0n) is 9.81. The number of aryl methyl sites for hydroxylation is 1. The third-order valence-electron chi connectivity index (χ3n) is 2.43. The molecule has 0 aromatic carbocycles. The van der Waals surface area contributed by atoms with Crippen LogP contribution < -0.4 is 5.32 Å². The van der Waals surface area contributed by atoms with Crippen molar-refractivity contribution in [1.82, 2.24) is 4.98 Å². The smallest absolute Gasteiger partial charge is 0.324 e. The Kier molecular flexibility index (Phi) is 4.24. The Morgan fingerprint density at radius 1 is 1.47 bits per heavy atom. The van der Waals surface area contributed by atoms with Crippen molar-refractivity contribution in [3.05, 3.63) is 49.1 Å². The maximum Gasteiger partial charge on any atom is 0.324 e. The number of nitro groups is 1. The van der Waals surface area contributed by atoms with Gasteiger partial charge < -0.3 is 5.32 Å². The highest BCUT2D eigenvalue weighted by Crippen LogP contribution is 2.28. The van der Waals surface area contributed by atoms with Crippen LogP contribution in [0, 0.1) is 17.0 Å². The van der Waals surface area contributed by atoms with E-state index in [1.165, 1.54) is 6.07 Å². The van der Waals surface area contributed by atoms with Crippen molar-refractivity contribution in [2.75, 3.05) is 5.32 Å². The molecule has 0 aliphatic rings. The molecule has 0 aliphatic carbocycles. The number of nitrogens with one attached hydrogen (secondary N) is 1. The minimum absolute atomic E-state index is 0.119. The fourth-order valence-electron chi connectivity index (χ4n) is 1.55. The first-order chi connectivity index (χ1) is 8.97. The van der Waals surface area contributed by atoms with Gasteiger partial charge in [-0.3, -0.25) is 10.1 Å². The monoisotopic (exact) mass is 317 g/mol. The van der Waals surface area contributed by atoms with Crippen LogP contribution in [0.4, 0.5) is 10.7 Å². The van der Waals surface area contributed by atoms with Gasteiger partial charge in [-0.1, -0.05) is 34.5 Å². The molecule has 2 aromatic heterocycles. The highest BCUT2D eigenvalue weighted by molar-refractivity contribution is 7.13. The number of thiophene rings is 1. The van der Waals surface area contributed by atoms with E-state index in [4.69, 9.17) is 23.2 Å². The summed E-state index contributed by atoms with van der Waals surface area (Å²) in [4.78, 5) is 14.1. The molecule has 0 saturated heterocycles. The van der Waals surface area contributed by atoms with Gasteiger partial charge in [-0.25, -0.2) is 4.98 Å². The molecule has 0 spiro atoms. The number of hydrogen-bond acceptors (Lipinski definition) is 5. The molecule has 1 N–H and O–H groups in total. The molecule has 2 aromatic rings. The van der Waals surface area contributed by atoms with E-state index in [1.807, 2.05) is 6.92 Å². The first-order valence-corrected chi connectivity index (χ1v) is 6.89. The summed E-state index contributed by atoms with van der Waals surface area (Å²) in [6, 6.07) is 3.23. The first kappa shape index (κ1) is 14.0. The second-order valence-corrected chi connectivity index (χ2v) is 5.47. The molecule has 0 fully saturated rings. The van der Waals surface area contributed by atoms with Gasteiger partial charge in [0, 0.05) is 18.0 Å². The molecule has 0 atom stereocenters. The van der Waals surface area contributed by atoms with Crippen LogP contribution in [0.15, 0.2) is 17.5 Å². The lowest BCUT2D eigenvalue weighted by Gasteiger charge is -2.10. The molecule has 0 amide bonds. The number of rotatable bonds is 4. The van der Waals surface area contributed by atoms with Gasteiger partial charge >= 0.3 is 5.00 Å². The minimum atomic E-state index is -0.407. The van der Waals surface area contributed by atoms with Gasteiger partial charge in [-0.2, -0.15) is 0 Å². The second-order valence-electron chi connectivity index (χ2n) is 3.83. The summed E-state index contributed by atoms with van der Waals surface area (Å²) in [7, 11) is 0. The second kappa shape index (κ2) is 5.73. The highest BCUT2D eigenvalue weighted by Gasteiger charge is 2.11. The standard InChI is InChI=1S/C11H9Cl2N3O2S/c1-6-2-8(12)15-11(13)10(6)14-4-7-3-9(16(17)18)19-5-7/h2-3,5,14H,4H2,1H3. The quantitative estimate of drug-likeness (QED) is 0.519. The van der Waals surface area contributed by atoms with E-state index < -0.39 is 4.92 Å². The largest absolute Gasteiger partial charge is 0.378 e. The van der Waals surface area contributed by atoms with E-state index in [-0.39, 0.29) is 10.2 Å². The van der Waals surface area contributed by atoms with Crippen molar-refractivity contribution < 1.29 is 4.92 Å². The lowest BCUT2D eigenvalue weighted by Crippen LogP contribution is -2.02. The highest BCUT2D eigenvalue weighted by atomic mass is 35.5. The molecule has 0 unspecified atom stereocenters. The summed E-state index contributed by atoms with van der Waals surface area (Å²) < 4.78 is 0. The summed E-state index contributed by atoms with van der Waals surface area (Å²) in [6.07, 6.45) is 0. The molecule has 2 rings (SSSR count). The zero-order chi connectivity index (χ0) is 14.0. The SMILES string of the molecule is Cc1cc(Cl)nc(Cl)c1NCc1csc([N+](=O)[O-])c1. The molecule has 19 heavy (non-hydrogen) atoms. The molecule has 5 nitrogen and oxygen atoms in total. The molecule has 0 bridgehead atoms. The van der Waals surface area contributed by atoms with Crippen molar-refractivity contribution in [3.63, 3.8) is 0 Å². The number of hydrogen-bond donors (Lipinski definition) is 1. The van der Waals surface area contributed by atoms with Gasteiger partial charge in [-0.05, 0) is 24.1 Å². The third-order valence-corrected chi connectivity index (χ3v) is 3.83. The summed E-state index contributed by atoms with van der Waals surface area (Å²) in [5, 5.41) is 16.2. The molecule has 0 saturated carbocycles. The Bertz CT molecular complexity index is 607. The molecule has 2 heterocycles. The molecule has 100 valence electrons. The van der Waals surface area contributed by atoms with Crippen molar-refractivity contribution >= 4 is 45.2 Å². The maximum atomic E-state index is 10.6. The molecule has 0 radical (unpaired) electrons. The molecular formula is C11H9Cl2N3O2S. The summed E-state index contributed by atoms with van der Waals surface area (Å²) in [5.41, 5.74) is 2.37. The average Bonchev–Trinajstić information content (AvgIpc) is 2.76. The van der Waals surface area contributed by atoms with Crippen LogP contribution in [-0.2, 0) is 6.54 Å². The number of halogens is 2. The summed E-state index contributed by atoms with van der Waals surface area (Å²) in [5.74, 6) is 0. The van der Waals surface area contributed by atoms with Crippen molar-refractivity contribution in [2.24, 2.45) is 0 Å². The Morgan fingerprint density at radius 2 is 2.21 bits per heavy atom. The van der Waals surface area contributed by atoms with Crippen molar-refractivity contribution in [1.29, 1.82) is 0 Å².